The average Bonchev–Trinajstić information content (AvgIpc) is 3.10. The Morgan fingerprint density at radius 1 is 1.12 bits per heavy atom. The van der Waals surface area contributed by atoms with Crippen molar-refractivity contribution in [3.63, 3.8) is 0 Å². The van der Waals surface area contributed by atoms with Crippen LogP contribution in [0, 0.1) is 0 Å². The highest BCUT2D eigenvalue weighted by molar-refractivity contribution is 7.16. The number of carboxylic acids is 1. The van der Waals surface area contributed by atoms with Crippen LogP contribution in [-0.4, -0.2) is 22.0 Å². The smallest absolute Gasteiger partial charge is 0.352 e. The maximum absolute atomic E-state index is 12.2. The van der Waals surface area contributed by atoms with Gasteiger partial charge in [0, 0.05) is 32.7 Å². The largest absolute Gasteiger partial charge is 0.477 e. The quantitative estimate of drug-likeness (QED) is 0.642. The topological polar surface area (TPSA) is 79.3 Å². The summed E-state index contributed by atoms with van der Waals surface area (Å²) >= 11 is 7.58. The van der Waals surface area contributed by atoms with Gasteiger partial charge in [-0.05, 0) is 36.4 Å². The molecule has 2 N–H and O–H groups in total. The van der Waals surface area contributed by atoms with Crippen LogP contribution in [0.3, 0.4) is 0 Å². The van der Waals surface area contributed by atoms with Crippen LogP contribution < -0.4 is 5.32 Å². The van der Waals surface area contributed by atoms with E-state index < -0.39 is 11.9 Å². The van der Waals surface area contributed by atoms with Gasteiger partial charge in [-0.1, -0.05) is 29.8 Å². The van der Waals surface area contributed by atoms with E-state index in [4.69, 9.17) is 11.6 Å². The first-order valence-electron chi connectivity index (χ1n) is 7.55. The number of pyridine rings is 1. The lowest BCUT2D eigenvalue weighted by Gasteiger charge is -2.05. The van der Waals surface area contributed by atoms with E-state index in [1.54, 1.807) is 24.3 Å². The molecule has 3 aromatic rings. The Hall–Kier alpha value is -2.96. The van der Waals surface area contributed by atoms with Crippen molar-refractivity contribution in [3.8, 4) is 10.4 Å². The summed E-state index contributed by atoms with van der Waals surface area (Å²) in [6.45, 7) is 0. The normalized spacial score (nSPS) is 11.2. The number of nitrogens with zero attached hydrogens (tertiary/aromatic N) is 1. The number of hydrogen-bond acceptors (Lipinski definition) is 4. The summed E-state index contributed by atoms with van der Waals surface area (Å²) in [7, 11) is 0. The number of aromatic nitrogens is 1. The van der Waals surface area contributed by atoms with Gasteiger partial charge in [0.1, 0.15) is 5.70 Å². The summed E-state index contributed by atoms with van der Waals surface area (Å²) < 4.78 is 0. The van der Waals surface area contributed by atoms with E-state index in [0.29, 0.717) is 9.90 Å². The number of benzene rings is 1. The third-order valence-electron chi connectivity index (χ3n) is 3.46. The van der Waals surface area contributed by atoms with Gasteiger partial charge in [0.15, 0.2) is 0 Å². The van der Waals surface area contributed by atoms with Crippen molar-refractivity contribution in [2.75, 3.05) is 0 Å². The molecule has 0 unspecified atom stereocenters. The zero-order valence-electron chi connectivity index (χ0n) is 13.3. The number of rotatable bonds is 5. The maximum Gasteiger partial charge on any atom is 0.352 e. The van der Waals surface area contributed by atoms with E-state index >= 15 is 0 Å². The molecular weight excluding hydrogens is 372 g/mol. The second kappa shape index (κ2) is 7.95. The zero-order chi connectivity index (χ0) is 18.5. The number of carbonyl (C=O) groups excluding carboxylic acids is 1. The van der Waals surface area contributed by atoms with Gasteiger partial charge in [0.05, 0.1) is 5.56 Å². The van der Waals surface area contributed by atoms with Crippen molar-refractivity contribution >= 4 is 40.9 Å². The molecule has 0 spiro atoms. The lowest BCUT2D eigenvalue weighted by molar-refractivity contribution is -0.132. The molecule has 0 fully saturated rings. The Labute approximate surface area is 158 Å². The fraction of sp³-hybridized carbons (Fsp3) is 0. The van der Waals surface area contributed by atoms with Crippen molar-refractivity contribution in [1.29, 1.82) is 0 Å². The minimum atomic E-state index is -1.23. The second-order valence-electron chi connectivity index (χ2n) is 5.24. The van der Waals surface area contributed by atoms with E-state index in [9.17, 15) is 14.7 Å². The SMILES string of the molecule is O=C(O)/C(=C/c1ccc(-c2ccccc2Cl)s1)NC(=O)c1cccnc1. The van der Waals surface area contributed by atoms with Gasteiger partial charge in [0.25, 0.3) is 5.91 Å². The van der Waals surface area contributed by atoms with Crippen molar-refractivity contribution < 1.29 is 14.7 Å². The summed E-state index contributed by atoms with van der Waals surface area (Å²) in [5.41, 5.74) is 0.934. The molecule has 0 aliphatic rings. The number of thiophene rings is 1. The summed E-state index contributed by atoms with van der Waals surface area (Å²) in [5.74, 6) is -1.76. The van der Waals surface area contributed by atoms with Crippen molar-refractivity contribution in [2.24, 2.45) is 0 Å². The van der Waals surface area contributed by atoms with Gasteiger partial charge in [-0.25, -0.2) is 4.79 Å². The summed E-state index contributed by atoms with van der Waals surface area (Å²) in [6.07, 6.45) is 4.32. The van der Waals surface area contributed by atoms with Gasteiger partial charge >= 0.3 is 5.97 Å². The van der Waals surface area contributed by atoms with Crippen LogP contribution >= 0.6 is 22.9 Å². The average molecular weight is 385 g/mol. The van der Waals surface area contributed by atoms with Crippen LogP contribution in [0.15, 0.2) is 66.6 Å². The molecule has 1 amide bonds. The van der Waals surface area contributed by atoms with Gasteiger partial charge < -0.3 is 10.4 Å². The molecule has 0 bridgehead atoms. The third-order valence-corrected chi connectivity index (χ3v) is 4.85. The minimum absolute atomic E-state index is 0.216. The first-order valence-corrected chi connectivity index (χ1v) is 8.75. The summed E-state index contributed by atoms with van der Waals surface area (Å²) in [4.78, 5) is 29.1. The highest BCUT2D eigenvalue weighted by atomic mass is 35.5. The Bertz CT molecular complexity index is 983. The molecule has 0 aliphatic heterocycles. The predicted octanol–water partition coefficient (Wildman–Crippen LogP) is 4.32. The van der Waals surface area contributed by atoms with Crippen molar-refractivity contribution in [1.82, 2.24) is 10.3 Å². The molecule has 2 aromatic heterocycles. The number of carboxylic acid groups (broad SMARTS) is 1. The van der Waals surface area contributed by atoms with Crippen molar-refractivity contribution in [3.05, 3.63) is 82.1 Å². The number of amides is 1. The lowest BCUT2D eigenvalue weighted by Crippen LogP contribution is -2.27. The fourth-order valence-corrected chi connectivity index (χ4v) is 3.51. The van der Waals surface area contributed by atoms with Crippen LogP contribution in [0.2, 0.25) is 5.02 Å². The summed E-state index contributed by atoms with van der Waals surface area (Å²) in [5, 5.41) is 12.4. The van der Waals surface area contributed by atoms with Crippen LogP contribution in [0.25, 0.3) is 16.5 Å². The third kappa shape index (κ3) is 4.17. The molecule has 3 rings (SSSR count). The van der Waals surface area contributed by atoms with Gasteiger partial charge in [0.2, 0.25) is 0 Å². The molecule has 2 heterocycles. The Morgan fingerprint density at radius 2 is 1.92 bits per heavy atom. The van der Waals surface area contributed by atoms with Crippen LogP contribution in [0.1, 0.15) is 15.2 Å². The van der Waals surface area contributed by atoms with E-state index in [0.717, 1.165) is 10.4 Å². The van der Waals surface area contributed by atoms with Gasteiger partial charge in [-0.3, -0.25) is 9.78 Å². The highest BCUT2D eigenvalue weighted by Crippen LogP contribution is 2.33. The first-order chi connectivity index (χ1) is 12.5. The van der Waals surface area contributed by atoms with E-state index in [1.165, 1.54) is 29.8 Å². The molecule has 26 heavy (non-hydrogen) atoms. The molecular formula is C19H13ClN2O3S. The monoisotopic (exact) mass is 384 g/mol. The molecule has 0 radical (unpaired) electrons. The van der Waals surface area contributed by atoms with E-state index in [1.807, 2.05) is 24.3 Å². The lowest BCUT2D eigenvalue weighted by atomic mass is 10.2. The minimum Gasteiger partial charge on any atom is -0.477 e. The predicted molar refractivity (Wildman–Crippen MR) is 102 cm³/mol. The Kier molecular flexibility index (Phi) is 5.46. The van der Waals surface area contributed by atoms with Crippen LogP contribution in [0.5, 0.6) is 0 Å². The number of nitrogens with one attached hydrogen (secondary N) is 1. The molecule has 130 valence electrons. The molecule has 7 heteroatoms. The van der Waals surface area contributed by atoms with Gasteiger partial charge in [-0.2, -0.15) is 0 Å². The number of aliphatic carboxylic acids is 1. The fourth-order valence-electron chi connectivity index (χ4n) is 2.22. The molecule has 0 aliphatic carbocycles. The zero-order valence-corrected chi connectivity index (χ0v) is 14.9. The van der Waals surface area contributed by atoms with Crippen LogP contribution in [0.4, 0.5) is 0 Å². The maximum atomic E-state index is 12.2. The molecule has 0 atom stereocenters. The highest BCUT2D eigenvalue weighted by Gasteiger charge is 2.14. The van der Waals surface area contributed by atoms with Crippen molar-refractivity contribution in [2.45, 2.75) is 0 Å². The molecule has 1 aromatic carbocycles. The molecule has 5 nitrogen and oxygen atoms in total. The van der Waals surface area contributed by atoms with Crippen LogP contribution in [-0.2, 0) is 4.79 Å². The van der Waals surface area contributed by atoms with E-state index in [2.05, 4.69) is 10.3 Å². The second-order valence-corrected chi connectivity index (χ2v) is 6.76. The summed E-state index contributed by atoms with van der Waals surface area (Å²) in [6, 6.07) is 14.2. The first kappa shape index (κ1) is 17.8. The Morgan fingerprint density at radius 3 is 2.62 bits per heavy atom. The molecule has 0 saturated carbocycles. The number of hydrogen-bond donors (Lipinski definition) is 2. The van der Waals surface area contributed by atoms with E-state index in [-0.39, 0.29) is 11.3 Å². The van der Waals surface area contributed by atoms with Gasteiger partial charge in [-0.15, -0.1) is 11.3 Å². The number of halogens is 1. The number of carbonyl (C=O) groups is 2. The molecule has 0 saturated heterocycles. The Balaban J connectivity index is 1.85. The standard InChI is InChI=1S/C19H13ClN2O3S/c20-15-6-2-1-5-14(15)17-8-7-13(26-17)10-16(19(24)25)22-18(23)12-4-3-9-21-11-12/h1-11H,(H,22,23)(H,24,25)/b16-10-.